The number of anilines is 1. The van der Waals surface area contributed by atoms with Crippen LogP contribution in [-0.4, -0.2) is 23.1 Å². The van der Waals surface area contributed by atoms with Crippen LogP contribution in [-0.2, 0) is 4.79 Å². The molecule has 0 aromatic heterocycles. The van der Waals surface area contributed by atoms with Gasteiger partial charge in [-0.25, -0.2) is 9.18 Å². The smallest absolute Gasteiger partial charge is 0.319 e. The number of carbonyl (C=O) groups is 2. The summed E-state index contributed by atoms with van der Waals surface area (Å²) in [6.07, 6.45) is 1.99. The first-order valence-corrected chi connectivity index (χ1v) is 6.54. The molecule has 6 heteroatoms. The maximum atomic E-state index is 13.1. The van der Waals surface area contributed by atoms with Crippen LogP contribution in [0.2, 0.25) is 0 Å². The lowest BCUT2D eigenvalue weighted by Crippen LogP contribution is -2.42. The molecular formula is C14H17FN2O3. The molecule has 1 aliphatic carbocycles. The molecule has 0 saturated heterocycles. The van der Waals surface area contributed by atoms with E-state index in [-0.39, 0.29) is 6.04 Å². The number of urea groups is 1. The van der Waals surface area contributed by atoms with E-state index in [1.807, 2.05) is 0 Å². The molecule has 0 aliphatic heterocycles. The summed E-state index contributed by atoms with van der Waals surface area (Å²) < 4.78 is 13.1. The van der Waals surface area contributed by atoms with Gasteiger partial charge in [0.25, 0.3) is 0 Å². The van der Waals surface area contributed by atoms with Gasteiger partial charge in [0.05, 0.1) is 5.92 Å². The Morgan fingerprint density at radius 3 is 2.80 bits per heavy atom. The molecule has 2 unspecified atom stereocenters. The SMILES string of the molecule is Cc1ccc(F)cc1NC(=O)NC1CCCC1C(=O)O. The second-order valence-corrected chi connectivity index (χ2v) is 5.04. The summed E-state index contributed by atoms with van der Waals surface area (Å²) in [5, 5.41) is 14.3. The molecule has 5 nitrogen and oxygen atoms in total. The van der Waals surface area contributed by atoms with Crippen LogP contribution >= 0.6 is 0 Å². The minimum atomic E-state index is -0.894. The van der Waals surface area contributed by atoms with Gasteiger partial charge in [0.1, 0.15) is 5.82 Å². The molecule has 20 heavy (non-hydrogen) atoms. The standard InChI is InChI=1S/C14H17FN2O3/c1-8-5-6-9(15)7-12(8)17-14(20)16-11-4-2-3-10(11)13(18)19/h5-7,10-11H,2-4H2,1H3,(H,18,19)(H2,16,17,20). The summed E-state index contributed by atoms with van der Waals surface area (Å²) in [5.41, 5.74) is 1.12. The van der Waals surface area contributed by atoms with Crippen LogP contribution in [0.15, 0.2) is 18.2 Å². The molecule has 3 N–H and O–H groups in total. The lowest BCUT2D eigenvalue weighted by atomic mass is 10.0. The van der Waals surface area contributed by atoms with E-state index in [0.717, 1.165) is 12.0 Å². The Balaban J connectivity index is 1.99. The summed E-state index contributed by atoms with van der Waals surface area (Å²) in [5.74, 6) is -1.88. The van der Waals surface area contributed by atoms with Crippen molar-refractivity contribution in [2.24, 2.45) is 5.92 Å². The first-order chi connectivity index (χ1) is 9.47. The Hall–Kier alpha value is -2.11. The number of carbonyl (C=O) groups excluding carboxylic acids is 1. The molecule has 1 fully saturated rings. The second-order valence-electron chi connectivity index (χ2n) is 5.04. The lowest BCUT2D eigenvalue weighted by molar-refractivity contribution is -0.142. The molecule has 1 aromatic rings. The van der Waals surface area contributed by atoms with Gasteiger partial charge in [0.2, 0.25) is 0 Å². The molecule has 2 rings (SSSR count). The maximum Gasteiger partial charge on any atom is 0.319 e. The van der Waals surface area contributed by atoms with Crippen molar-refractivity contribution in [3.8, 4) is 0 Å². The average Bonchev–Trinajstić information content (AvgIpc) is 2.82. The third-order valence-electron chi connectivity index (χ3n) is 3.60. The van der Waals surface area contributed by atoms with Crippen molar-refractivity contribution < 1.29 is 19.1 Å². The van der Waals surface area contributed by atoms with Crippen LogP contribution in [0.25, 0.3) is 0 Å². The zero-order valence-corrected chi connectivity index (χ0v) is 11.1. The van der Waals surface area contributed by atoms with E-state index in [1.165, 1.54) is 12.1 Å². The van der Waals surface area contributed by atoms with Gasteiger partial charge in [-0.3, -0.25) is 4.79 Å². The fraction of sp³-hybridized carbons (Fsp3) is 0.429. The van der Waals surface area contributed by atoms with Gasteiger partial charge < -0.3 is 15.7 Å². The van der Waals surface area contributed by atoms with E-state index >= 15 is 0 Å². The molecule has 0 radical (unpaired) electrons. The number of nitrogens with one attached hydrogen (secondary N) is 2. The van der Waals surface area contributed by atoms with E-state index in [1.54, 1.807) is 13.0 Å². The summed E-state index contributed by atoms with van der Waals surface area (Å²) in [6, 6.07) is 3.24. The van der Waals surface area contributed by atoms with Crippen LogP contribution in [0.1, 0.15) is 24.8 Å². The first kappa shape index (κ1) is 14.3. The molecule has 2 atom stereocenters. The normalized spacial score (nSPS) is 21.5. The van der Waals surface area contributed by atoms with Crippen molar-refractivity contribution in [2.75, 3.05) is 5.32 Å². The fourth-order valence-corrected chi connectivity index (χ4v) is 2.48. The van der Waals surface area contributed by atoms with Crippen LogP contribution in [0, 0.1) is 18.7 Å². The Labute approximate surface area is 116 Å². The zero-order chi connectivity index (χ0) is 14.7. The number of aryl methyl sites for hydroxylation is 1. The van der Waals surface area contributed by atoms with Gasteiger partial charge in [-0.1, -0.05) is 12.5 Å². The minimum absolute atomic E-state index is 0.374. The quantitative estimate of drug-likeness (QED) is 0.796. The highest BCUT2D eigenvalue weighted by Gasteiger charge is 2.33. The number of amides is 2. The van der Waals surface area contributed by atoms with Crippen LogP contribution < -0.4 is 10.6 Å². The molecule has 1 aromatic carbocycles. The second kappa shape index (κ2) is 5.90. The van der Waals surface area contributed by atoms with Crippen LogP contribution in [0.4, 0.5) is 14.9 Å². The van der Waals surface area contributed by atoms with Crippen molar-refractivity contribution in [2.45, 2.75) is 32.2 Å². The lowest BCUT2D eigenvalue weighted by Gasteiger charge is -2.18. The van der Waals surface area contributed by atoms with Gasteiger partial charge in [0.15, 0.2) is 0 Å². The predicted octanol–water partition coefficient (Wildman–Crippen LogP) is 2.51. The molecule has 108 valence electrons. The van der Waals surface area contributed by atoms with Gasteiger partial charge in [-0.2, -0.15) is 0 Å². The molecule has 2 amide bonds. The van der Waals surface area contributed by atoms with Crippen molar-refractivity contribution in [3.05, 3.63) is 29.6 Å². The predicted molar refractivity (Wildman–Crippen MR) is 72.1 cm³/mol. The van der Waals surface area contributed by atoms with Crippen LogP contribution in [0.5, 0.6) is 0 Å². The molecular weight excluding hydrogens is 263 g/mol. The zero-order valence-electron chi connectivity index (χ0n) is 11.1. The molecule has 0 spiro atoms. The number of hydrogen-bond acceptors (Lipinski definition) is 2. The Morgan fingerprint density at radius 1 is 1.35 bits per heavy atom. The molecule has 0 heterocycles. The maximum absolute atomic E-state index is 13.1. The van der Waals surface area contributed by atoms with Crippen LogP contribution in [0.3, 0.4) is 0 Å². The van der Waals surface area contributed by atoms with Gasteiger partial charge >= 0.3 is 12.0 Å². The van der Waals surface area contributed by atoms with Crippen molar-refractivity contribution in [1.29, 1.82) is 0 Å². The summed E-state index contributed by atoms with van der Waals surface area (Å²) in [6.45, 7) is 1.75. The Kier molecular flexibility index (Phi) is 4.22. The fourth-order valence-electron chi connectivity index (χ4n) is 2.48. The molecule has 1 aliphatic rings. The van der Waals surface area contributed by atoms with E-state index in [4.69, 9.17) is 5.11 Å². The topological polar surface area (TPSA) is 78.4 Å². The number of benzene rings is 1. The Morgan fingerprint density at radius 2 is 2.10 bits per heavy atom. The van der Waals surface area contributed by atoms with Gasteiger partial charge in [0, 0.05) is 11.7 Å². The largest absolute Gasteiger partial charge is 0.481 e. The van der Waals surface area contributed by atoms with Gasteiger partial charge in [-0.05, 0) is 37.5 Å². The van der Waals surface area contributed by atoms with E-state index in [9.17, 15) is 14.0 Å². The van der Waals surface area contributed by atoms with E-state index in [2.05, 4.69) is 10.6 Å². The number of rotatable bonds is 3. The Bertz CT molecular complexity index is 533. The number of aliphatic carboxylic acids is 1. The number of hydrogen-bond donors (Lipinski definition) is 3. The minimum Gasteiger partial charge on any atom is -0.481 e. The number of halogens is 1. The highest BCUT2D eigenvalue weighted by atomic mass is 19.1. The third-order valence-corrected chi connectivity index (χ3v) is 3.60. The van der Waals surface area contributed by atoms with Crippen molar-refractivity contribution in [1.82, 2.24) is 5.32 Å². The number of carboxylic acids is 1. The van der Waals surface area contributed by atoms with Crippen molar-refractivity contribution >= 4 is 17.7 Å². The molecule has 1 saturated carbocycles. The van der Waals surface area contributed by atoms with Gasteiger partial charge in [-0.15, -0.1) is 0 Å². The molecule has 0 bridgehead atoms. The average molecular weight is 280 g/mol. The van der Waals surface area contributed by atoms with E-state index in [0.29, 0.717) is 18.5 Å². The summed E-state index contributed by atoms with van der Waals surface area (Å²) in [4.78, 5) is 22.9. The highest BCUT2D eigenvalue weighted by Crippen LogP contribution is 2.26. The van der Waals surface area contributed by atoms with E-state index < -0.39 is 23.7 Å². The third kappa shape index (κ3) is 3.26. The number of carboxylic acid groups (broad SMARTS) is 1. The monoisotopic (exact) mass is 280 g/mol. The van der Waals surface area contributed by atoms with Crippen molar-refractivity contribution in [3.63, 3.8) is 0 Å². The highest BCUT2D eigenvalue weighted by molar-refractivity contribution is 5.90. The summed E-state index contributed by atoms with van der Waals surface area (Å²) in [7, 11) is 0. The first-order valence-electron chi connectivity index (χ1n) is 6.54. The summed E-state index contributed by atoms with van der Waals surface area (Å²) >= 11 is 0.